The molecule has 1 aliphatic rings. The molecule has 7 heteroatoms. The van der Waals surface area contributed by atoms with Gasteiger partial charge in [0.1, 0.15) is 0 Å². The summed E-state index contributed by atoms with van der Waals surface area (Å²) >= 11 is 1.29. The fraction of sp³-hybridized carbons (Fsp3) is 0.188. The molecule has 4 rings (SSSR count). The van der Waals surface area contributed by atoms with Gasteiger partial charge in [-0.2, -0.15) is 0 Å². The summed E-state index contributed by atoms with van der Waals surface area (Å²) in [6.07, 6.45) is 2.46. The van der Waals surface area contributed by atoms with Crippen molar-refractivity contribution in [2.75, 3.05) is 11.9 Å². The van der Waals surface area contributed by atoms with E-state index in [4.69, 9.17) is 4.42 Å². The van der Waals surface area contributed by atoms with E-state index in [0.29, 0.717) is 29.0 Å². The van der Waals surface area contributed by atoms with Gasteiger partial charge in [-0.05, 0) is 29.7 Å². The van der Waals surface area contributed by atoms with Gasteiger partial charge in [-0.15, -0.1) is 10.2 Å². The van der Waals surface area contributed by atoms with E-state index in [2.05, 4.69) is 27.6 Å². The number of furan rings is 1. The van der Waals surface area contributed by atoms with Gasteiger partial charge in [0, 0.05) is 13.1 Å². The highest BCUT2D eigenvalue weighted by Crippen LogP contribution is 2.27. The van der Waals surface area contributed by atoms with E-state index >= 15 is 0 Å². The van der Waals surface area contributed by atoms with E-state index in [-0.39, 0.29) is 6.03 Å². The molecule has 23 heavy (non-hydrogen) atoms. The van der Waals surface area contributed by atoms with Crippen molar-refractivity contribution in [2.24, 2.45) is 0 Å². The van der Waals surface area contributed by atoms with Crippen molar-refractivity contribution in [3.8, 4) is 10.8 Å². The van der Waals surface area contributed by atoms with Crippen molar-refractivity contribution in [2.45, 2.75) is 13.0 Å². The quantitative estimate of drug-likeness (QED) is 0.783. The van der Waals surface area contributed by atoms with Crippen LogP contribution in [-0.4, -0.2) is 27.7 Å². The Morgan fingerprint density at radius 3 is 2.87 bits per heavy atom. The normalized spacial score (nSPS) is 13.7. The number of hydrogen-bond acceptors (Lipinski definition) is 5. The molecule has 3 heterocycles. The smallest absolute Gasteiger partial charge is 0.324 e. The Morgan fingerprint density at radius 1 is 1.17 bits per heavy atom. The highest BCUT2D eigenvalue weighted by Gasteiger charge is 2.21. The maximum absolute atomic E-state index is 12.4. The molecule has 0 unspecified atom stereocenters. The number of nitrogens with one attached hydrogen (secondary N) is 1. The number of nitrogens with zero attached hydrogens (tertiary/aromatic N) is 3. The maximum Gasteiger partial charge on any atom is 0.324 e. The molecule has 0 saturated heterocycles. The molecule has 2 aromatic heterocycles. The number of amides is 2. The summed E-state index contributed by atoms with van der Waals surface area (Å²) < 4.78 is 5.28. The summed E-state index contributed by atoms with van der Waals surface area (Å²) in [6, 6.07) is 11.7. The monoisotopic (exact) mass is 326 g/mol. The van der Waals surface area contributed by atoms with Crippen molar-refractivity contribution in [3.05, 3.63) is 53.8 Å². The van der Waals surface area contributed by atoms with Gasteiger partial charge in [0.25, 0.3) is 0 Å². The Balaban J connectivity index is 1.45. The number of carbonyl (C=O) groups is 1. The first-order valence-electron chi connectivity index (χ1n) is 7.30. The molecule has 6 nitrogen and oxygen atoms in total. The van der Waals surface area contributed by atoms with E-state index in [1.165, 1.54) is 22.5 Å². The molecule has 1 aromatic carbocycles. The van der Waals surface area contributed by atoms with Gasteiger partial charge in [0.05, 0.1) is 6.26 Å². The van der Waals surface area contributed by atoms with Crippen LogP contribution in [0.15, 0.2) is 47.1 Å². The van der Waals surface area contributed by atoms with Gasteiger partial charge in [-0.3, -0.25) is 5.32 Å². The van der Waals surface area contributed by atoms with Crippen molar-refractivity contribution in [1.29, 1.82) is 0 Å². The number of hydrogen-bond donors (Lipinski definition) is 1. The Morgan fingerprint density at radius 2 is 2.04 bits per heavy atom. The Kier molecular flexibility index (Phi) is 3.55. The van der Waals surface area contributed by atoms with Gasteiger partial charge in [-0.1, -0.05) is 35.6 Å². The fourth-order valence-corrected chi connectivity index (χ4v) is 3.31. The SMILES string of the molecule is O=C(Nc1nnc(-c2ccco2)s1)N1CCc2ccccc2C1. The third-order valence-electron chi connectivity index (χ3n) is 3.79. The predicted molar refractivity (Wildman–Crippen MR) is 87.2 cm³/mol. The van der Waals surface area contributed by atoms with Crippen LogP contribution in [0.2, 0.25) is 0 Å². The second-order valence-electron chi connectivity index (χ2n) is 5.26. The largest absolute Gasteiger partial charge is 0.462 e. The van der Waals surface area contributed by atoms with E-state index in [0.717, 1.165) is 6.42 Å². The topological polar surface area (TPSA) is 71.3 Å². The molecule has 2 amide bonds. The standard InChI is InChI=1S/C16H14N4O2S/c21-16(20-8-7-11-4-1-2-5-12(11)10-20)17-15-19-18-14(23-15)13-6-3-9-22-13/h1-6,9H,7-8,10H2,(H,17,19,21). The molecule has 1 N–H and O–H groups in total. The molecule has 1 aliphatic heterocycles. The number of carbonyl (C=O) groups excluding carboxylic acids is 1. The predicted octanol–water partition coefficient (Wildman–Crippen LogP) is 3.39. The van der Waals surface area contributed by atoms with Gasteiger partial charge in [0.15, 0.2) is 10.8 Å². The van der Waals surface area contributed by atoms with Crippen molar-refractivity contribution < 1.29 is 9.21 Å². The van der Waals surface area contributed by atoms with Crippen LogP contribution < -0.4 is 5.32 Å². The van der Waals surface area contributed by atoms with E-state index < -0.39 is 0 Å². The first-order valence-corrected chi connectivity index (χ1v) is 8.11. The third-order valence-corrected chi connectivity index (χ3v) is 4.64. The minimum absolute atomic E-state index is 0.151. The summed E-state index contributed by atoms with van der Waals surface area (Å²) in [5.41, 5.74) is 2.51. The van der Waals surface area contributed by atoms with Crippen LogP contribution in [0, 0.1) is 0 Å². The van der Waals surface area contributed by atoms with Crippen LogP contribution in [0.5, 0.6) is 0 Å². The van der Waals surface area contributed by atoms with Gasteiger partial charge >= 0.3 is 6.03 Å². The van der Waals surface area contributed by atoms with E-state index in [1.54, 1.807) is 17.2 Å². The van der Waals surface area contributed by atoms with Crippen molar-refractivity contribution in [3.63, 3.8) is 0 Å². The molecule has 0 radical (unpaired) electrons. The minimum Gasteiger partial charge on any atom is -0.462 e. The third kappa shape index (κ3) is 2.83. The molecule has 0 atom stereocenters. The lowest BCUT2D eigenvalue weighted by molar-refractivity contribution is 0.206. The fourth-order valence-electron chi connectivity index (χ4n) is 2.61. The first-order chi connectivity index (χ1) is 11.3. The number of urea groups is 1. The van der Waals surface area contributed by atoms with E-state index in [9.17, 15) is 4.79 Å². The lowest BCUT2D eigenvalue weighted by atomic mass is 10.0. The average Bonchev–Trinajstić information content (AvgIpc) is 3.25. The summed E-state index contributed by atoms with van der Waals surface area (Å²) in [5.74, 6) is 0.648. The highest BCUT2D eigenvalue weighted by molar-refractivity contribution is 7.18. The van der Waals surface area contributed by atoms with Crippen LogP contribution in [0.3, 0.4) is 0 Å². The van der Waals surface area contributed by atoms with Gasteiger partial charge in [0.2, 0.25) is 5.13 Å². The number of benzene rings is 1. The molecule has 0 spiro atoms. The first kappa shape index (κ1) is 14.0. The summed E-state index contributed by atoms with van der Waals surface area (Å²) in [6.45, 7) is 1.32. The summed E-state index contributed by atoms with van der Waals surface area (Å²) in [5, 5.41) is 12.0. The second kappa shape index (κ2) is 5.85. The molecule has 0 bridgehead atoms. The van der Waals surface area contributed by atoms with Crippen LogP contribution >= 0.6 is 11.3 Å². The molecule has 116 valence electrons. The summed E-state index contributed by atoms with van der Waals surface area (Å²) in [4.78, 5) is 14.2. The Bertz CT molecular complexity index is 828. The zero-order valence-corrected chi connectivity index (χ0v) is 13.0. The Hall–Kier alpha value is -2.67. The zero-order valence-electron chi connectivity index (χ0n) is 12.2. The number of rotatable bonds is 2. The van der Waals surface area contributed by atoms with Crippen molar-refractivity contribution in [1.82, 2.24) is 15.1 Å². The van der Waals surface area contributed by atoms with Crippen molar-refractivity contribution >= 4 is 22.5 Å². The zero-order chi connectivity index (χ0) is 15.6. The van der Waals surface area contributed by atoms with Gasteiger partial charge in [-0.25, -0.2) is 4.79 Å². The van der Waals surface area contributed by atoms with Crippen LogP contribution in [0.4, 0.5) is 9.93 Å². The molecule has 0 saturated carbocycles. The maximum atomic E-state index is 12.4. The minimum atomic E-state index is -0.151. The van der Waals surface area contributed by atoms with Crippen LogP contribution in [-0.2, 0) is 13.0 Å². The second-order valence-corrected chi connectivity index (χ2v) is 6.24. The molecular weight excluding hydrogens is 312 g/mol. The number of anilines is 1. The average molecular weight is 326 g/mol. The molecule has 3 aromatic rings. The lowest BCUT2D eigenvalue weighted by Gasteiger charge is -2.28. The molecule has 0 aliphatic carbocycles. The van der Waals surface area contributed by atoms with Crippen LogP contribution in [0.25, 0.3) is 10.8 Å². The Labute approximate surface area is 136 Å². The number of fused-ring (bicyclic) bond motifs is 1. The van der Waals surface area contributed by atoms with Crippen LogP contribution in [0.1, 0.15) is 11.1 Å². The van der Waals surface area contributed by atoms with Gasteiger partial charge < -0.3 is 9.32 Å². The van der Waals surface area contributed by atoms with E-state index in [1.807, 2.05) is 18.2 Å². The summed E-state index contributed by atoms with van der Waals surface area (Å²) in [7, 11) is 0. The molecular formula is C16H14N4O2S. The molecule has 0 fully saturated rings. The lowest BCUT2D eigenvalue weighted by Crippen LogP contribution is -2.38. The highest BCUT2D eigenvalue weighted by atomic mass is 32.1. The number of aromatic nitrogens is 2.